The number of nitrogens with two attached hydrogens (primary N) is 1. The van der Waals surface area contributed by atoms with Gasteiger partial charge in [-0.2, -0.15) is 13.2 Å². The van der Waals surface area contributed by atoms with E-state index in [1.807, 2.05) is 0 Å². The number of esters is 1. The van der Waals surface area contributed by atoms with Gasteiger partial charge in [0.05, 0.1) is 17.1 Å². The van der Waals surface area contributed by atoms with Gasteiger partial charge >= 0.3 is 12.1 Å². The maximum absolute atomic E-state index is 13.7. The van der Waals surface area contributed by atoms with Gasteiger partial charge in [0, 0.05) is 5.92 Å². The highest BCUT2D eigenvalue weighted by Crippen LogP contribution is 2.31. The molecule has 9 nitrogen and oxygen atoms in total. The van der Waals surface area contributed by atoms with Crippen molar-refractivity contribution in [2.45, 2.75) is 55.3 Å². The summed E-state index contributed by atoms with van der Waals surface area (Å²) in [4.78, 5) is 27.6. The van der Waals surface area contributed by atoms with Gasteiger partial charge in [-0.25, -0.2) is 8.42 Å². The molecule has 0 bridgehead atoms. The average molecular weight is 558 g/mol. The van der Waals surface area contributed by atoms with E-state index in [9.17, 15) is 31.2 Å². The first-order valence-corrected chi connectivity index (χ1v) is 13.5. The van der Waals surface area contributed by atoms with Crippen LogP contribution in [0.2, 0.25) is 0 Å². The third-order valence-electron chi connectivity index (χ3n) is 6.28. The number of nitrogens with one attached hydrogen (secondary N) is 1. The van der Waals surface area contributed by atoms with Crippen molar-refractivity contribution in [3.63, 3.8) is 0 Å². The van der Waals surface area contributed by atoms with Crippen molar-refractivity contribution in [1.82, 2.24) is 9.84 Å². The van der Waals surface area contributed by atoms with Gasteiger partial charge in [0.2, 0.25) is 5.91 Å². The lowest BCUT2D eigenvalue weighted by Crippen LogP contribution is -2.52. The number of carbonyl (C=O) groups is 2. The number of alkyl halides is 3. The van der Waals surface area contributed by atoms with Crippen molar-refractivity contribution in [2.24, 2.45) is 11.7 Å². The van der Waals surface area contributed by atoms with Crippen molar-refractivity contribution < 1.29 is 41.0 Å². The Balaban J connectivity index is 1.99. The fourth-order valence-electron chi connectivity index (χ4n) is 4.15. The SMILES string of the molecule is NC(CO)C(=O)OC[C@H](c1ccccc1)N(NS(=O)(=O)c1ccc(C(F)(F)F)cc1)C(=O)C1CCCCC1. The first kappa shape index (κ1) is 29.6. The number of aliphatic hydroxyl groups is 1. The number of hydrogen-bond donors (Lipinski definition) is 3. The van der Waals surface area contributed by atoms with Gasteiger partial charge in [-0.3, -0.25) is 14.6 Å². The summed E-state index contributed by atoms with van der Waals surface area (Å²) >= 11 is 0. The summed E-state index contributed by atoms with van der Waals surface area (Å²) in [5.41, 5.74) is 4.92. The van der Waals surface area contributed by atoms with Crippen LogP contribution in [0.3, 0.4) is 0 Å². The first-order chi connectivity index (χ1) is 17.9. The van der Waals surface area contributed by atoms with Crippen LogP contribution in [0.5, 0.6) is 0 Å². The summed E-state index contributed by atoms with van der Waals surface area (Å²) in [6.45, 7) is -1.18. The van der Waals surface area contributed by atoms with E-state index in [0.29, 0.717) is 30.5 Å². The van der Waals surface area contributed by atoms with Crippen LogP contribution in [-0.4, -0.2) is 49.7 Å². The van der Waals surface area contributed by atoms with Crippen LogP contribution in [0, 0.1) is 5.92 Å². The van der Waals surface area contributed by atoms with Gasteiger partial charge in [-0.1, -0.05) is 49.6 Å². The molecule has 0 saturated heterocycles. The van der Waals surface area contributed by atoms with E-state index < -0.39 is 69.8 Å². The molecular formula is C25H30F3N3O6S. The molecule has 0 heterocycles. The fraction of sp³-hybridized carbons (Fsp3) is 0.440. The van der Waals surface area contributed by atoms with Crippen LogP contribution < -0.4 is 10.6 Å². The summed E-state index contributed by atoms with van der Waals surface area (Å²) in [5, 5.41) is 10.0. The molecule has 208 valence electrons. The summed E-state index contributed by atoms with van der Waals surface area (Å²) in [6, 6.07) is 8.61. The van der Waals surface area contributed by atoms with Crippen LogP contribution in [-0.2, 0) is 30.5 Å². The molecule has 13 heteroatoms. The monoisotopic (exact) mass is 557 g/mol. The molecule has 1 aliphatic rings. The first-order valence-electron chi connectivity index (χ1n) is 12.0. The second-order valence-electron chi connectivity index (χ2n) is 9.01. The standard InChI is InChI=1S/C25H30F3N3O6S/c26-25(27,28)19-11-13-20(14-12-19)38(35,36)30-31(23(33)18-9-5-2-6-10-18)22(17-7-3-1-4-8-17)16-37-24(34)21(29)15-32/h1,3-4,7-8,11-14,18,21-22,30,32H,2,5-6,9-10,15-16,29H2/t21?,22-/m1/s1. The second-order valence-corrected chi connectivity index (χ2v) is 10.7. The lowest BCUT2D eigenvalue weighted by Gasteiger charge is -2.35. The number of carbonyl (C=O) groups excluding carboxylic acids is 2. The normalized spacial score (nSPS) is 16.4. The molecule has 1 aliphatic carbocycles. The average Bonchev–Trinajstić information content (AvgIpc) is 2.92. The highest BCUT2D eigenvalue weighted by Gasteiger charge is 2.36. The number of nitrogens with zero attached hydrogens (tertiary/aromatic N) is 1. The molecule has 1 amide bonds. The Bertz CT molecular complexity index is 1190. The van der Waals surface area contributed by atoms with Crippen molar-refractivity contribution in [3.8, 4) is 0 Å². The topological polar surface area (TPSA) is 139 Å². The number of ether oxygens (including phenoxy) is 1. The molecule has 1 saturated carbocycles. The van der Waals surface area contributed by atoms with E-state index in [1.165, 1.54) is 0 Å². The summed E-state index contributed by atoms with van der Waals surface area (Å²) in [5.74, 6) is -2.03. The van der Waals surface area contributed by atoms with Gasteiger partial charge in [0.15, 0.2) is 0 Å². The van der Waals surface area contributed by atoms with E-state index in [4.69, 9.17) is 15.6 Å². The number of benzene rings is 2. The number of aliphatic hydroxyl groups excluding tert-OH is 1. The van der Waals surface area contributed by atoms with E-state index in [-0.39, 0.29) is 0 Å². The summed E-state index contributed by atoms with van der Waals surface area (Å²) in [6.07, 6.45) is -1.14. The Morgan fingerprint density at radius 1 is 1.05 bits per heavy atom. The number of sulfonamides is 1. The second kappa shape index (κ2) is 12.7. The van der Waals surface area contributed by atoms with Crippen LogP contribution >= 0.6 is 0 Å². The maximum Gasteiger partial charge on any atom is 0.416 e. The zero-order valence-electron chi connectivity index (χ0n) is 20.4. The van der Waals surface area contributed by atoms with Crippen LogP contribution in [0.25, 0.3) is 0 Å². The van der Waals surface area contributed by atoms with Crippen LogP contribution in [0.1, 0.15) is 49.3 Å². The molecule has 2 atom stereocenters. The van der Waals surface area contributed by atoms with E-state index >= 15 is 0 Å². The highest BCUT2D eigenvalue weighted by atomic mass is 32.2. The predicted octanol–water partition coefficient (Wildman–Crippen LogP) is 2.91. The van der Waals surface area contributed by atoms with Crippen molar-refractivity contribution in [1.29, 1.82) is 0 Å². The Morgan fingerprint density at radius 2 is 1.66 bits per heavy atom. The largest absolute Gasteiger partial charge is 0.462 e. The molecular weight excluding hydrogens is 527 g/mol. The predicted molar refractivity (Wildman–Crippen MR) is 130 cm³/mol. The molecule has 2 aromatic carbocycles. The zero-order chi connectivity index (χ0) is 27.9. The van der Waals surface area contributed by atoms with Crippen LogP contribution in [0.4, 0.5) is 13.2 Å². The van der Waals surface area contributed by atoms with Gasteiger partial charge in [0.25, 0.3) is 10.0 Å². The molecule has 0 spiro atoms. The Labute approximate surface area is 218 Å². The molecule has 1 unspecified atom stereocenters. The van der Waals surface area contributed by atoms with Gasteiger partial charge in [-0.05, 0) is 42.7 Å². The maximum atomic E-state index is 13.7. The lowest BCUT2D eigenvalue weighted by molar-refractivity contribution is -0.153. The highest BCUT2D eigenvalue weighted by molar-refractivity contribution is 7.89. The van der Waals surface area contributed by atoms with Gasteiger partial charge in [0.1, 0.15) is 18.7 Å². The van der Waals surface area contributed by atoms with Crippen molar-refractivity contribution in [3.05, 3.63) is 65.7 Å². The molecule has 4 N–H and O–H groups in total. The molecule has 0 aliphatic heterocycles. The quantitative estimate of drug-likeness (QED) is 0.302. The summed E-state index contributed by atoms with van der Waals surface area (Å²) < 4.78 is 70.7. The number of hydrazine groups is 1. The van der Waals surface area contributed by atoms with Crippen LogP contribution in [0.15, 0.2) is 59.5 Å². The minimum absolute atomic E-state index is 0.428. The number of halogens is 3. The smallest absolute Gasteiger partial charge is 0.416 e. The fourth-order valence-corrected chi connectivity index (χ4v) is 5.23. The minimum atomic E-state index is -4.66. The Hall–Kier alpha value is -3.00. The lowest BCUT2D eigenvalue weighted by atomic mass is 9.88. The third-order valence-corrected chi connectivity index (χ3v) is 7.61. The molecule has 0 aromatic heterocycles. The molecule has 0 radical (unpaired) electrons. The van der Waals surface area contributed by atoms with Crippen molar-refractivity contribution >= 4 is 21.9 Å². The van der Waals surface area contributed by atoms with E-state index in [1.54, 1.807) is 30.3 Å². The summed E-state index contributed by atoms with van der Waals surface area (Å²) in [7, 11) is -4.54. The minimum Gasteiger partial charge on any atom is -0.462 e. The molecule has 38 heavy (non-hydrogen) atoms. The van der Waals surface area contributed by atoms with Crippen molar-refractivity contribution in [2.75, 3.05) is 13.2 Å². The van der Waals surface area contributed by atoms with E-state index in [2.05, 4.69) is 4.83 Å². The number of rotatable bonds is 10. The molecule has 3 rings (SSSR count). The number of hydrogen-bond acceptors (Lipinski definition) is 7. The molecule has 2 aromatic rings. The Kier molecular flexibility index (Phi) is 9.88. The van der Waals surface area contributed by atoms with E-state index in [0.717, 1.165) is 36.4 Å². The number of amides is 1. The third kappa shape index (κ3) is 7.53. The van der Waals surface area contributed by atoms with Gasteiger partial charge < -0.3 is 15.6 Å². The van der Waals surface area contributed by atoms with Gasteiger partial charge in [-0.15, -0.1) is 4.83 Å². The zero-order valence-corrected chi connectivity index (χ0v) is 21.2. The Morgan fingerprint density at radius 3 is 2.21 bits per heavy atom. The molecule has 1 fully saturated rings.